The van der Waals surface area contributed by atoms with Gasteiger partial charge in [0.2, 0.25) is 5.89 Å². The number of benzene rings is 1. The van der Waals surface area contributed by atoms with Crippen LogP contribution in [0, 0.1) is 6.92 Å². The number of nitrogens with zero attached hydrogens (tertiary/aromatic N) is 4. The summed E-state index contributed by atoms with van der Waals surface area (Å²) < 4.78 is 6.34. The van der Waals surface area contributed by atoms with Crippen molar-refractivity contribution in [2.45, 2.75) is 32.2 Å². The summed E-state index contributed by atoms with van der Waals surface area (Å²) in [7, 11) is 0. The molecule has 1 aromatic carbocycles. The zero-order valence-electron chi connectivity index (χ0n) is 12.5. The van der Waals surface area contributed by atoms with E-state index in [0.717, 1.165) is 31.0 Å². The van der Waals surface area contributed by atoms with Crippen molar-refractivity contribution >= 4 is 21.6 Å². The molecular weight excluding hydrogens is 296 g/mol. The number of thiazole rings is 1. The molecule has 6 heteroatoms. The molecule has 3 aromatic rings. The zero-order chi connectivity index (χ0) is 14.9. The maximum absolute atomic E-state index is 5.06. The first-order valence-corrected chi connectivity index (χ1v) is 8.46. The molecule has 0 radical (unpaired) electrons. The maximum atomic E-state index is 5.06. The van der Waals surface area contributed by atoms with Gasteiger partial charge in [-0.05, 0) is 31.5 Å². The van der Waals surface area contributed by atoms with Crippen molar-refractivity contribution in [2.24, 2.45) is 0 Å². The van der Waals surface area contributed by atoms with Gasteiger partial charge in [-0.15, -0.1) is 11.3 Å². The number of aryl methyl sites for hydroxylation is 1. The lowest BCUT2D eigenvalue weighted by Gasteiger charge is -2.30. The van der Waals surface area contributed by atoms with Gasteiger partial charge in [0, 0.05) is 19.4 Å². The lowest BCUT2D eigenvalue weighted by atomic mass is 9.99. The van der Waals surface area contributed by atoms with Crippen molar-refractivity contribution in [2.75, 3.05) is 13.1 Å². The molecule has 3 heterocycles. The number of para-hydroxylation sites is 1. The number of hydrogen-bond donors (Lipinski definition) is 0. The standard InChI is InChI=1S/C16H18N4OS/c1-11-17-15(19-21-11)10-20-8-4-5-12(9-20)16-18-13-6-2-3-7-14(13)22-16/h2-3,6-7,12H,4-5,8-10H2,1H3/t12-/m1/s1. The van der Waals surface area contributed by atoms with Crippen LogP contribution in [0.4, 0.5) is 0 Å². The minimum absolute atomic E-state index is 0.513. The van der Waals surface area contributed by atoms with E-state index in [9.17, 15) is 0 Å². The number of rotatable bonds is 3. The average molecular weight is 314 g/mol. The van der Waals surface area contributed by atoms with E-state index >= 15 is 0 Å². The van der Waals surface area contributed by atoms with E-state index in [2.05, 4.69) is 39.3 Å². The molecule has 0 saturated carbocycles. The molecule has 4 rings (SSSR count). The third kappa shape index (κ3) is 2.76. The van der Waals surface area contributed by atoms with Crippen molar-refractivity contribution in [3.8, 4) is 0 Å². The highest BCUT2D eigenvalue weighted by atomic mass is 32.1. The lowest BCUT2D eigenvalue weighted by molar-refractivity contribution is 0.193. The van der Waals surface area contributed by atoms with E-state index in [1.165, 1.54) is 22.5 Å². The van der Waals surface area contributed by atoms with E-state index in [-0.39, 0.29) is 0 Å². The summed E-state index contributed by atoms with van der Waals surface area (Å²) in [6, 6.07) is 8.38. The number of aromatic nitrogens is 3. The SMILES string of the molecule is Cc1nc(CN2CCC[C@@H](c3nc4ccccc4s3)C2)no1. The van der Waals surface area contributed by atoms with Gasteiger partial charge in [0.05, 0.1) is 21.8 Å². The highest BCUT2D eigenvalue weighted by Crippen LogP contribution is 2.33. The summed E-state index contributed by atoms with van der Waals surface area (Å²) in [6.45, 7) is 4.71. The second kappa shape index (κ2) is 5.78. The first kappa shape index (κ1) is 13.8. The second-order valence-corrected chi connectivity index (χ2v) is 6.89. The fourth-order valence-corrected chi connectivity index (χ4v) is 4.16. The first-order chi connectivity index (χ1) is 10.8. The predicted octanol–water partition coefficient (Wildman–Crippen LogP) is 3.37. The fourth-order valence-electron chi connectivity index (χ4n) is 3.07. The van der Waals surface area contributed by atoms with Crippen molar-refractivity contribution in [1.29, 1.82) is 0 Å². The smallest absolute Gasteiger partial charge is 0.223 e. The normalized spacial score (nSPS) is 19.8. The number of hydrogen-bond acceptors (Lipinski definition) is 6. The number of likely N-dealkylation sites (tertiary alicyclic amines) is 1. The Labute approximate surface area is 133 Å². The molecule has 22 heavy (non-hydrogen) atoms. The highest BCUT2D eigenvalue weighted by molar-refractivity contribution is 7.18. The zero-order valence-corrected chi connectivity index (χ0v) is 13.3. The van der Waals surface area contributed by atoms with Crippen LogP contribution in [0.3, 0.4) is 0 Å². The van der Waals surface area contributed by atoms with Crippen LogP contribution in [-0.4, -0.2) is 33.1 Å². The molecule has 0 aliphatic carbocycles. The van der Waals surface area contributed by atoms with Crippen LogP contribution in [0.1, 0.15) is 35.5 Å². The molecule has 1 aliphatic heterocycles. The number of piperidine rings is 1. The third-order valence-corrected chi connectivity index (χ3v) is 5.30. The van der Waals surface area contributed by atoms with Crippen LogP contribution < -0.4 is 0 Å². The number of fused-ring (bicyclic) bond motifs is 1. The minimum Gasteiger partial charge on any atom is -0.340 e. The second-order valence-electron chi connectivity index (χ2n) is 5.82. The summed E-state index contributed by atoms with van der Waals surface area (Å²) >= 11 is 1.83. The molecule has 0 amide bonds. The molecule has 114 valence electrons. The summed E-state index contributed by atoms with van der Waals surface area (Å²) in [5, 5.41) is 5.26. The van der Waals surface area contributed by atoms with Crippen LogP contribution in [0.2, 0.25) is 0 Å². The van der Waals surface area contributed by atoms with Crippen molar-refractivity contribution in [3.05, 3.63) is 41.0 Å². The quantitative estimate of drug-likeness (QED) is 0.742. The lowest BCUT2D eigenvalue weighted by Crippen LogP contribution is -2.34. The molecule has 2 aromatic heterocycles. The molecule has 1 aliphatic rings. The third-order valence-electron chi connectivity index (χ3n) is 4.10. The van der Waals surface area contributed by atoms with Gasteiger partial charge in [-0.3, -0.25) is 4.90 Å². The van der Waals surface area contributed by atoms with E-state index in [4.69, 9.17) is 9.51 Å². The topological polar surface area (TPSA) is 55.1 Å². The molecular formula is C16H18N4OS. The Bertz CT molecular complexity index is 748. The van der Waals surface area contributed by atoms with E-state index in [1.54, 1.807) is 0 Å². The van der Waals surface area contributed by atoms with Crippen LogP contribution in [0.15, 0.2) is 28.8 Å². The molecule has 0 unspecified atom stereocenters. The highest BCUT2D eigenvalue weighted by Gasteiger charge is 2.25. The summed E-state index contributed by atoms with van der Waals surface area (Å²) in [6.07, 6.45) is 2.40. The first-order valence-electron chi connectivity index (χ1n) is 7.65. The monoisotopic (exact) mass is 314 g/mol. The molecule has 5 nitrogen and oxygen atoms in total. The summed E-state index contributed by atoms with van der Waals surface area (Å²) in [5.41, 5.74) is 1.12. The van der Waals surface area contributed by atoms with Crippen molar-refractivity contribution < 1.29 is 4.52 Å². The van der Waals surface area contributed by atoms with Gasteiger partial charge in [0.15, 0.2) is 5.82 Å². The Morgan fingerprint density at radius 2 is 2.23 bits per heavy atom. The Balaban J connectivity index is 1.50. The van der Waals surface area contributed by atoms with Crippen LogP contribution in [-0.2, 0) is 6.54 Å². The van der Waals surface area contributed by atoms with E-state index < -0.39 is 0 Å². The van der Waals surface area contributed by atoms with Crippen molar-refractivity contribution in [3.63, 3.8) is 0 Å². The molecule has 1 saturated heterocycles. The molecule has 0 spiro atoms. The Morgan fingerprint density at radius 3 is 3.05 bits per heavy atom. The van der Waals surface area contributed by atoms with Gasteiger partial charge >= 0.3 is 0 Å². The van der Waals surface area contributed by atoms with Crippen LogP contribution in [0.25, 0.3) is 10.2 Å². The fraction of sp³-hybridized carbons (Fsp3) is 0.438. The van der Waals surface area contributed by atoms with Gasteiger partial charge in [-0.2, -0.15) is 4.98 Å². The minimum atomic E-state index is 0.513. The Hall–Kier alpha value is -1.79. The predicted molar refractivity (Wildman–Crippen MR) is 85.9 cm³/mol. The van der Waals surface area contributed by atoms with Gasteiger partial charge in [0.1, 0.15) is 0 Å². The van der Waals surface area contributed by atoms with Crippen LogP contribution >= 0.6 is 11.3 Å². The Kier molecular flexibility index (Phi) is 3.63. The molecule has 1 atom stereocenters. The van der Waals surface area contributed by atoms with Gasteiger partial charge in [-0.25, -0.2) is 4.98 Å². The van der Waals surface area contributed by atoms with Crippen LogP contribution in [0.5, 0.6) is 0 Å². The Morgan fingerprint density at radius 1 is 1.32 bits per heavy atom. The largest absolute Gasteiger partial charge is 0.340 e. The van der Waals surface area contributed by atoms with Gasteiger partial charge in [-0.1, -0.05) is 17.3 Å². The summed E-state index contributed by atoms with van der Waals surface area (Å²) in [4.78, 5) is 11.5. The maximum Gasteiger partial charge on any atom is 0.223 e. The molecule has 1 fully saturated rings. The van der Waals surface area contributed by atoms with E-state index in [0.29, 0.717) is 11.8 Å². The van der Waals surface area contributed by atoms with Crippen molar-refractivity contribution in [1.82, 2.24) is 20.0 Å². The average Bonchev–Trinajstić information content (AvgIpc) is 3.13. The van der Waals surface area contributed by atoms with Gasteiger partial charge in [0.25, 0.3) is 0 Å². The van der Waals surface area contributed by atoms with E-state index in [1.807, 2.05) is 18.3 Å². The summed E-state index contributed by atoms with van der Waals surface area (Å²) in [5.74, 6) is 1.93. The molecule has 0 N–H and O–H groups in total. The van der Waals surface area contributed by atoms with Gasteiger partial charge < -0.3 is 4.52 Å². The molecule has 0 bridgehead atoms.